The second-order valence-corrected chi connectivity index (χ2v) is 3.31. The van der Waals surface area contributed by atoms with Crippen molar-refractivity contribution in [3.8, 4) is 0 Å². The average molecular weight is 224 g/mol. The maximum atomic E-state index is 10.7. The Morgan fingerprint density at radius 1 is 1.07 bits per heavy atom. The molecule has 0 amide bonds. The molecule has 0 aromatic heterocycles. The molecule has 0 aromatic carbocycles. The van der Waals surface area contributed by atoms with Gasteiger partial charge in [0.25, 0.3) is 0 Å². The molecule has 8 nitrogen and oxygen atoms in total. The molecule has 0 aliphatic rings. The van der Waals surface area contributed by atoms with Gasteiger partial charge < -0.3 is 31.3 Å². The van der Waals surface area contributed by atoms with Crippen molar-refractivity contribution in [2.45, 2.75) is 11.2 Å². The van der Waals surface area contributed by atoms with Gasteiger partial charge in [-0.05, 0) is 0 Å². The van der Waals surface area contributed by atoms with E-state index >= 15 is 0 Å². The van der Waals surface area contributed by atoms with E-state index in [1.54, 1.807) is 0 Å². The first-order chi connectivity index (χ1) is 6.89. The number of nitrogens with two attached hydrogens (primary N) is 1. The van der Waals surface area contributed by atoms with E-state index in [2.05, 4.69) is 5.32 Å². The van der Waals surface area contributed by atoms with Crippen LogP contribution in [0, 0.1) is 0 Å². The molecule has 8 heteroatoms. The predicted octanol–water partition coefficient (Wildman–Crippen LogP) is -3.98. The van der Waals surface area contributed by atoms with Gasteiger partial charge >= 0.3 is 5.97 Å². The third kappa shape index (κ3) is 3.09. The van der Waals surface area contributed by atoms with Crippen LogP contribution in [0.15, 0.2) is 0 Å². The van der Waals surface area contributed by atoms with Gasteiger partial charge in [-0.3, -0.25) is 5.32 Å². The van der Waals surface area contributed by atoms with Crippen LogP contribution < -0.4 is 11.1 Å². The zero-order valence-electron chi connectivity index (χ0n) is 8.05. The van der Waals surface area contributed by atoms with Crippen molar-refractivity contribution in [2.24, 2.45) is 5.73 Å². The van der Waals surface area contributed by atoms with Crippen LogP contribution in [0.1, 0.15) is 0 Å². The summed E-state index contributed by atoms with van der Waals surface area (Å²) in [4.78, 5) is 10.7. The Morgan fingerprint density at radius 2 is 1.47 bits per heavy atom. The summed E-state index contributed by atoms with van der Waals surface area (Å²) in [6, 6.07) is 0. The minimum absolute atomic E-state index is 0.730. The van der Waals surface area contributed by atoms with E-state index in [-0.39, 0.29) is 0 Å². The van der Waals surface area contributed by atoms with Gasteiger partial charge in [-0.15, -0.1) is 0 Å². The Labute approximate surface area is 86.0 Å². The normalized spacial score (nSPS) is 16.1. The highest BCUT2D eigenvalue weighted by Gasteiger charge is 2.42. The summed E-state index contributed by atoms with van der Waals surface area (Å²) in [5.74, 6) is -1.57. The fourth-order valence-electron chi connectivity index (χ4n) is 0.902. The molecule has 0 aromatic rings. The molecule has 0 spiro atoms. The van der Waals surface area contributed by atoms with Crippen LogP contribution in [-0.4, -0.2) is 69.1 Å². The summed E-state index contributed by atoms with van der Waals surface area (Å²) in [5.41, 5.74) is 1.37. The molecule has 0 heterocycles. The highest BCUT2D eigenvalue weighted by molar-refractivity contribution is 5.78. The molecule has 0 saturated heterocycles. The molecule has 0 aliphatic carbocycles. The van der Waals surface area contributed by atoms with E-state index in [9.17, 15) is 4.79 Å². The Bertz CT molecular complexity index is 211. The molecular weight excluding hydrogens is 208 g/mol. The quantitative estimate of drug-likeness (QED) is 0.216. The number of rotatable bonds is 7. The summed E-state index contributed by atoms with van der Waals surface area (Å²) in [5, 5.41) is 46.3. The number of nitrogens with one attached hydrogen (secondary N) is 1. The third-order valence-corrected chi connectivity index (χ3v) is 2.03. The predicted molar refractivity (Wildman–Crippen MR) is 48.8 cm³/mol. The Kier molecular flexibility index (Phi) is 5.08. The first-order valence-corrected chi connectivity index (χ1v) is 4.15. The third-order valence-electron chi connectivity index (χ3n) is 2.03. The number of carboxylic acid groups (broad SMARTS) is 1. The van der Waals surface area contributed by atoms with Crippen molar-refractivity contribution >= 4 is 5.97 Å². The molecule has 1 atom stereocenters. The molecule has 15 heavy (non-hydrogen) atoms. The van der Waals surface area contributed by atoms with E-state index < -0.39 is 43.6 Å². The molecule has 1 unspecified atom stereocenters. The number of carbonyl (C=O) groups is 1. The van der Waals surface area contributed by atoms with E-state index in [1.165, 1.54) is 0 Å². The molecule has 0 radical (unpaired) electrons. The van der Waals surface area contributed by atoms with Crippen molar-refractivity contribution in [3.05, 3.63) is 0 Å². The van der Waals surface area contributed by atoms with Gasteiger partial charge in [0.05, 0.1) is 32.0 Å². The van der Waals surface area contributed by atoms with E-state index in [0.29, 0.717) is 0 Å². The molecule has 0 fully saturated rings. The summed E-state index contributed by atoms with van der Waals surface area (Å²) in [7, 11) is 0. The van der Waals surface area contributed by atoms with Crippen molar-refractivity contribution in [1.82, 2.24) is 5.32 Å². The fourth-order valence-corrected chi connectivity index (χ4v) is 0.902. The van der Waals surface area contributed by atoms with Gasteiger partial charge in [0.1, 0.15) is 0 Å². The lowest BCUT2D eigenvalue weighted by atomic mass is 9.99. The standard InChI is InChI=1S/C7H16N2O6/c8-7(4-13,5(14)15)9-6(1-10,2-11)3-12/h9-13H,1-4,8H2,(H,14,15). The van der Waals surface area contributed by atoms with Crippen LogP contribution in [-0.2, 0) is 4.79 Å². The monoisotopic (exact) mass is 224 g/mol. The molecule has 0 aliphatic heterocycles. The highest BCUT2D eigenvalue weighted by atomic mass is 16.4. The van der Waals surface area contributed by atoms with Crippen molar-refractivity contribution < 1.29 is 30.3 Å². The Hall–Kier alpha value is -0.770. The van der Waals surface area contributed by atoms with Gasteiger partial charge in [0, 0.05) is 0 Å². The SMILES string of the molecule is NC(CO)(NC(CO)(CO)CO)C(=O)O. The number of aliphatic hydroxyl groups excluding tert-OH is 4. The fraction of sp³-hybridized carbons (Fsp3) is 0.857. The van der Waals surface area contributed by atoms with Gasteiger partial charge in [-0.25, -0.2) is 4.79 Å². The number of aliphatic carboxylic acids is 1. The Balaban J connectivity index is 4.85. The van der Waals surface area contributed by atoms with E-state index in [4.69, 9.17) is 31.3 Å². The first kappa shape index (κ1) is 14.2. The number of carboxylic acids is 1. The summed E-state index contributed by atoms with van der Waals surface area (Å²) in [6.07, 6.45) is 0. The van der Waals surface area contributed by atoms with Crippen LogP contribution in [0.4, 0.5) is 0 Å². The lowest BCUT2D eigenvalue weighted by Crippen LogP contribution is -2.72. The average Bonchev–Trinajstić information content (AvgIpc) is 2.25. The molecular formula is C7H16N2O6. The summed E-state index contributed by atoms with van der Waals surface area (Å²) in [6.45, 7) is -3.14. The van der Waals surface area contributed by atoms with Gasteiger partial charge in [-0.1, -0.05) is 0 Å². The van der Waals surface area contributed by atoms with Gasteiger partial charge in [0.2, 0.25) is 0 Å². The molecule has 0 rings (SSSR count). The van der Waals surface area contributed by atoms with E-state index in [0.717, 1.165) is 0 Å². The molecule has 0 saturated carbocycles. The maximum absolute atomic E-state index is 10.7. The lowest BCUT2D eigenvalue weighted by molar-refractivity contribution is -0.149. The highest BCUT2D eigenvalue weighted by Crippen LogP contribution is 2.07. The second kappa shape index (κ2) is 5.35. The van der Waals surface area contributed by atoms with Gasteiger partial charge in [-0.2, -0.15) is 0 Å². The van der Waals surface area contributed by atoms with Crippen molar-refractivity contribution in [2.75, 3.05) is 26.4 Å². The van der Waals surface area contributed by atoms with Crippen molar-refractivity contribution in [3.63, 3.8) is 0 Å². The molecule has 8 N–H and O–H groups in total. The maximum Gasteiger partial charge on any atom is 0.341 e. The van der Waals surface area contributed by atoms with Crippen LogP contribution in [0.5, 0.6) is 0 Å². The minimum atomic E-state index is -2.23. The van der Waals surface area contributed by atoms with E-state index in [1.807, 2.05) is 0 Å². The largest absolute Gasteiger partial charge is 0.479 e. The number of hydrogen-bond donors (Lipinski definition) is 7. The topological polar surface area (TPSA) is 156 Å². The van der Waals surface area contributed by atoms with Crippen LogP contribution in [0.3, 0.4) is 0 Å². The zero-order valence-corrected chi connectivity index (χ0v) is 8.05. The molecule has 90 valence electrons. The van der Waals surface area contributed by atoms with Crippen molar-refractivity contribution in [1.29, 1.82) is 0 Å². The number of aliphatic hydroxyl groups is 4. The molecule has 0 bridgehead atoms. The van der Waals surface area contributed by atoms with Crippen LogP contribution in [0.2, 0.25) is 0 Å². The summed E-state index contributed by atoms with van der Waals surface area (Å²) >= 11 is 0. The smallest absolute Gasteiger partial charge is 0.341 e. The Morgan fingerprint density at radius 3 is 1.67 bits per heavy atom. The minimum Gasteiger partial charge on any atom is -0.479 e. The first-order valence-electron chi connectivity index (χ1n) is 4.15. The summed E-state index contributed by atoms with van der Waals surface area (Å²) < 4.78 is 0. The second-order valence-electron chi connectivity index (χ2n) is 3.31. The lowest BCUT2D eigenvalue weighted by Gasteiger charge is -2.36. The van der Waals surface area contributed by atoms with Gasteiger partial charge in [0.15, 0.2) is 5.66 Å². The van der Waals surface area contributed by atoms with Crippen LogP contribution >= 0.6 is 0 Å². The number of hydrogen-bond acceptors (Lipinski definition) is 7. The zero-order chi connectivity index (χ0) is 12.1. The van der Waals surface area contributed by atoms with Crippen LogP contribution in [0.25, 0.3) is 0 Å².